The highest BCUT2D eigenvalue weighted by Crippen LogP contribution is 2.27. The minimum atomic E-state index is -0.385. The van der Waals surface area contributed by atoms with Gasteiger partial charge in [0.1, 0.15) is 4.88 Å². The normalized spacial score (nSPS) is 10.5. The van der Waals surface area contributed by atoms with E-state index < -0.39 is 0 Å². The molecule has 23 heavy (non-hydrogen) atoms. The van der Waals surface area contributed by atoms with Gasteiger partial charge in [0.25, 0.3) is 0 Å². The molecule has 2 amide bonds. The smallest absolute Gasteiger partial charge is 0.348 e. The first kappa shape index (κ1) is 19.1. The molecule has 0 aliphatic carbocycles. The number of nitrogens with one attached hydrogen (secondary N) is 1. The van der Waals surface area contributed by atoms with Gasteiger partial charge in [-0.05, 0) is 32.5 Å². The van der Waals surface area contributed by atoms with Gasteiger partial charge in [-0.25, -0.2) is 4.79 Å². The molecule has 0 bridgehead atoms. The van der Waals surface area contributed by atoms with Gasteiger partial charge in [-0.1, -0.05) is 0 Å². The number of amides is 2. The van der Waals surface area contributed by atoms with Crippen LogP contribution in [0, 0.1) is 6.92 Å². The molecule has 1 heterocycles. The lowest BCUT2D eigenvalue weighted by molar-refractivity contribution is -0.130. The molecule has 0 saturated carbocycles. The molecule has 0 spiro atoms. The number of hydrogen-bond donors (Lipinski definition) is 1. The molecule has 128 valence electrons. The molecule has 0 aliphatic heterocycles. The van der Waals surface area contributed by atoms with Gasteiger partial charge in [0, 0.05) is 14.1 Å². The van der Waals surface area contributed by atoms with Crippen LogP contribution in [0.15, 0.2) is 6.07 Å². The van der Waals surface area contributed by atoms with Crippen molar-refractivity contribution in [2.45, 2.75) is 13.8 Å². The molecule has 1 N–H and O–H groups in total. The van der Waals surface area contributed by atoms with Crippen molar-refractivity contribution in [3.63, 3.8) is 0 Å². The summed E-state index contributed by atoms with van der Waals surface area (Å²) in [6.07, 6.45) is 0. The summed E-state index contributed by atoms with van der Waals surface area (Å²) >= 11 is 1.18. The van der Waals surface area contributed by atoms with Crippen molar-refractivity contribution >= 4 is 34.1 Å². The summed E-state index contributed by atoms with van der Waals surface area (Å²) in [4.78, 5) is 38.9. The van der Waals surface area contributed by atoms with Crippen LogP contribution in [0.4, 0.5) is 5.00 Å². The molecule has 0 saturated heterocycles. The second kappa shape index (κ2) is 8.64. The van der Waals surface area contributed by atoms with Crippen molar-refractivity contribution in [2.75, 3.05) is 46.2 Å². The Kier molecular flexibility index (Phi) is 7.18. The SMILES string of the molecule is CCOC(=O)c1sc(NC(=O)CN(C)CC(=O)N(C)C)cc1C. The summed E-state index contributed by atoms with van der Waals surface area (Å²) < 4.78 is 4.97. The summed E-state index contributed by atoms with van der Waals surface area (Å²) in [7, 11) is 5.04. The van der Waals surface area contributed by atoms with Crippen LogP contribution in [0.25, 0.3) is 0 Å². The Morgan fingerprint density at radius 1 is 1.22 bits per heavy atom. The van der Waals surface area contributed by atoms with E-state index in [2.05, 4.69) is 5.32 Å². The first-order chi connectivity index (χ1) is 10.7. The molecule has 0 fully saturated rings. The maximum atomic E-state index is 12.0. The number of hydrogen-bond acceptors (Lipinski definition) is 6. The fourth-order valence-corrected chi connectivity index (χ4v) is 2.78. The third kappa shape index (κ3) is 5.99. The molecule has 0 aromatic carbocycles. The summed E-state index contributed by atoms with van der Waals surface area (Å²) in [5, 5.41) is 3.32. The molecular weight excluding hydrogens is 318 g/mol. The van der Waals surface area contributed by atoms with Gasteiger partial charge < -0.3 is 15.0 Å². The standard InChI is InChI=1S/C15H23N3O4S/c1-6-22-15(21)14-10(2)7-12(23-14)16-11(19)8-18(5)9-13(20)17(3)4/h7H,6,8-9H2,1-5H3,(H,16,19). The molecule has 0 radical (unpaired) electrons. The predicted molar refractivity (Wildman–Crippen MR) is 89.8 cm³/mol. The highest BCUT2D eigenvalue weighted by Gasteiger charge is 2.17. The molecule has 7 nitrogen and oxygen atoms in total. The second-order valence-electron chi connectivity index (χ2n) is 5.35. The number of nitrogens with zero attached hydrogens (tertiary/aromatic N) is 2. The van der Waals surface area contributed by atoms with E-state index in [0.717, 1.165) is 5.56 Å². The lowest BCUT2D eigenvalue weighted by Gasteiger charge is -2.18. The molecule has 1 rings (SSSR count). The number of likely N-dealkylation sites (N-methyl/N-ethyl adjacent to an activating group) is 2. The van der Waals surface area contributed by atoms with Crippen LogP contribution in [0.1, 0.15) is 22.2 Å². The van der Waals surface area contributed by atoms with Crippen LogP contribution >= 0.6 is 11.3 Å². The maximum Gasteiger partial charge on any atom is 0.348 e. The molecule has 1 aromatic rings. The number of rotatable bonds is 7. The summed E-state index contributed by atoms with van der Waals surface area (Å²) in [6.45, 7) is 4.10. The van der Waals surface area contributed by atoms with Crippen LogP contribution in [0.3, 0.4) is 0 Å². The van der Waals surface area contributed by atoms with E-state index in [-0.39, 0.29) is 30.9 Å². The zero-order valence-corrected chi connectivity index (χ0v) is 15.0. The molecular formula is C15H23N3O4S. The highest BCUT2D eigenvalue weighted by molar-refractivity contribution is 7.18. The Hall–Kier alpha value is -1.93. The van der Waals surface area contributed by atoms with Crippen molar-refractivity contribution in [1.82, 2.24) is 9.80 Å². The summed E-state index contributed by atoms with van der Waals surface area (Å²) in [5.41, 5.74) is 0.764. The second-order valence-corrected chi connectivity index (χ2v) is 6.40. The zero-order valence-electron chi connectivity index (χ0n) is 14.1. The Bertz CT molecular complexity index is 583. The van der Waals surface area contributed by atoms with Crippen molar-refractivity contribution in [2.24, 2.45) is 0 Å². The lowest BCUT2D eigenvalue weighted by Crippen LogP contribution is -2.38. The Morgan fingerprint density at radius 3 is 2.43 bits per heavy atom. The lowest BCUT2D eigenvalue weighted by atomic mass is 10.3. The van der Waals surface area contributed by atoms with Gasteiger partial charge in [0.15, 0.2) is 0 Å². The average Bonchev–Trinajstić information content (AvgIpc) is 2.79. The molecule has 0 unspecified atom stereocenters. The van der Waals surface area contributed by atoms with E-state index in [0.29, 0.717) is 16.5 Å². The maximum absolute atomic E-state index is 12.0. The Labute approximate surface area is 140 Å². The minimum Gasteiger partial charge on any atom is -0.462 e. The number of carbonyl (C=O) groups is 3. The zero-order chi connectivity index (χ0) is 17.6. The Balaban J connectivity index is 2.59. The van der Waals surface area contributed by atoms with Gasteiger partial charge in [0.2, 0.25) is 11.8 Å². The van der Waals surface area contributed by atoms with E-state index in [1.54, 1.807) is 46.0 Å². The number of thiophene rings is 1. The third-order valence-electron chi connectivity index (χ3n) is 2.96. The number of esters is 1. The topological polar surface area (TPSA) is 79.0 Å². The van der Waals surface area contributed by atoms with E-state index >= 15 is 0 Å². The summed E-state index contributed by atoms with van der Waals surface area (Å²) in [6, 6.07) is 1.74. The van der Waals surface area contributed by atoms with Crippen LogP contribution in [0.5, 0.6) is 0 Å². The first-order valence-corrected chi connectivity index (χ1v) is 8.02. The monoisotopic (exact) mass is 341 g/mol. The number of carbonyl (C=O) groups excluding carboxylic acids is 3. The quantitative estimate of drug-likeness (QED) is 0.754. The molecule has 1 aromatic heterocycles. The van der Waals surface area contributed by atoms with Crippen LogP contribution in [-0.4, -0.2) is 68.4 Å². The fourth-order valence-electron chi connectivity index (χ4n) is 1.79. The van der Waals surface area contributed by atoms with Crippen LogP contribution in [-0.2, 0) is 14.3 Å². The van der Waals surface area contributed by atoms with Gasteiger partial charge >= 0.3 is 5.97 Å². The number of ether oxygens (including phenoxy) is 1. The van der Waals surface area contributed by atoms with Crippen LogP contribution in [0.2, 0.25) is 0 Å². The molecule has 8 heteroatoms. The van der Waals surface area contributed by atoms with Crippen molar-refractivity contribution in [3.05, 3.63) is 16.5 Å². The van der Waals surface area contributed by atoms with E-state index in [1.165, 1.54) is 16.2 Å². The number of aryl methyl sites for hydroxylation is 1. The summed E-state index contributed by atoms with van der Waals surface area (Å²) in [5.74, 6) is -0.697. The third-order valence-corrected chi connectivity index (χ3v) is 4.09. The largest absolute Gasteiger partial charge is 0.462 e. The van der Waals surface area contributed by atoms with Gasteiger partial charge in [-0.3, -0.25) is 14.5 Å². The minimum absolute atomic E-state index is 0.0723. The van der Waals surface area contributed by atoms with E-state index in [9.17, 15) is 14.4 Å². The predicted octanol–water partition coefficient (Wildman–Crippen LogP) is 1.19. The van der Waals surface area contributed by atoms with Crippen molar-refractivity contribution in [3.8, 4) is 0 Å². The van der Waals surface area contributed by atoms with Crippen molar-refractivity contribution in [1.29, 1.82) is 0 Å². The average molecular weight is 341 g/mol. The van der Waals surface area contributed by atoms with E-state index in [1.807, 2.05) is 0 Å². The van der Waals surface area contributed by atoms with Gasteiger partial charge in [-0.15, -0.1) is 11.3 Å². The molecule has 0 aliphatic rings. The highest BCUT2D eigenvalue weighted by atomic mass is 32.1. The number of anilines is 1. The van der Waals surface area contributed by atoms with E-state index in [4.69, 9.17) is 4.74 Å². The van der Waals surface area contributed by atoms with Gasteiger partial charge in [0.05, 0.1) is 24.7 Å². The first-order valence-electron chi connectivity index (χ1n) is 7.20. The Morgan fingerprint density at radius 2 is 1.87 bits per heavy atom. The molecule has 0 atom stereocenters. The van der Waals surface area contributed by atoms with Gasteiger partial charge in [-0.2, -0.15) is 0 Å². The van der Waals surface area contributed by atoms with Crippen molar-refractivity contribution < 1.29 is 19.1 Å². The fraction of sp³-hybridized carbons (Fsp3) is 0.533. The van der Waals surface area contributed by atoms with Crippen LogP contribution < -0.4 is 5.32 Å².